The van der Waals surface area contributed by atoms with Gasteiger partial charge in [-0.1, -0.05) is 36.8 Å². The predicted octanol–water partition coefficient (Wildman–Crippen LogP) is 2.23. The van der Waals surface area contributed by atoms with Gasteiger partial charge in [0.25, 0.3) is 0 Å². The van der Waals surface area contributed by atoms with Crippen LogP contribution in [-0.2, 0) is 14.9 Å². The van der Waals surface area contributed by atoms with Gasteiger partial charge < -0.3 is 15.4 Å². The second-order valence-electron chi connectivity index (χ2n) is 5.95. The number of hydrogen-bond donors (Lipinski definition) is 2. The van der Waals surface area contributed by atoms with Gasteiger partial charge in [-0.15, -0.1) is 0 Å². The summed E-state index contributed by atoms with van der Waals surface area (Å²) in [5, 5.41) is 6.43. The molecule has 1 aliphatic rings. The van der Waals surface area contributed by atoms with Crippen LogP contribution in [-0.4, -0.2) is 38.7 Å². The summed E-state index contributed by atoms with van der Waals surface area (Å²) in [5.74, 6) is 0.548. The van der Waals surface area contributed by atoms with E-state index >= 15 is 0 Å². The Morgan fingerprint density at radius 3 is 2.57 bits per heavy atom. The van der Waals surface area contributed by atoms with Crippen molar-refractivity contribution in [1.82, 2.24) is 10.6 Å². The van der Waals surface area contributed by atoms with Crippen LogP contribution < -0.4 is 10.6 Å². The Labute approximate surface area is 138 Å². The number of carbonyl (C=O) groups is 1. The summed E-state index contributed by atoms with van der Waals surface area (Å²) in [6.07, 6.45) is 3.96. The summed E-state index contributed by atoms with van der Waals surface area (Å²) in [4.78, 5) is 15.9. The average Bonchev–Trinajstić information content (AvgIpc) is 2.54. The first kappa shape index (κ1) is 17.3. The lowest BCUT2D eigenvalue weighted by Gasteiger charge is -2.41. The van der Waals surface area contributed by atoms with E-state index in [1.54, 1.807) is 0 Å². The number of nitrogens with zero attached hydrogens (tertiary/aromatic N) is 1. The van der Waals surface area contributed by atoms with E-state index in [-0.39, 0.29) is 11.4 Å². The number of aliphatic imine (C=N–C) groups is 1. The quantitative estimate of drug-likeness (QED) is 0.460. The van der Waals surface area contributed by atoms with Crippen LogP contribution in [0, 0.1) is 0 Å². The van der Waals surface area contributed by atoms with Crippen LogP contribution in [0.25, 0.3) is 0 Å². The fraction of sp³-hybridized carbons (Fsp3) is 0.556. The van der Waals surface area contributed by atoms with E-state index in [4.69, 9.17) is 4.99 Å². The summed E-state index contributed by atoms with van der Waals surface area (Å²) in [5.41, 5.74) is 1.55. The van der Waals surface area contributed by atoms with E-state index in [0.717, 1.165) is 19.0 Å². The maximum atomic E-state index is 11.2. The Kier molecular flexibility index (Phi) is 6.44. The number of carbonyl (C=O) groups excluding carboxylic acids is 1. The minimum atomic E-state index is -0.215. The second kappa shape index (κ2) is 8.56. The third-order valence-electron chi connectivity index (χ3n) is 4.43. The SMILES string of the molecule is CCNC(=NCC1(c2ccccc2)CCC1)NCCC(=O)OC. The number of ether oxygens (including phenoxy) is 1. The fourth-order valence-electron chi connectivity index (χ4n) is 2.89. The minimum Gasteiger partial charge on any atom is -0.469 e. The normalized spacial score (nSPS) is 16.3. The van der Waals surface area contributed by atoms with Gasteiger partial charge in [-0.25, -0.2) is 0 Å². The molecule has 1 fully saturated rings. The third-order valence-corrected chi connectivity index (χ3v) is 4.43. The van der Waals surface area contributed by atoms with Crippen molar-refractivity contribution in [3.05, 3.63) is 35.9 Å². The molecule has 0 saturated heterocycles. The Morgan fingerprint density at radius 2 is 2.00 bits per heavy atom. The highest BCUT2D eigenvalue weighted by molar-refractivity contribution is 5.80. The van der Waals surface area contributed by atoms with Gasteiger partial charge in [-0.2, -0.15) is 0 Å². The smallest absolute Gasteiger partial charge is 0.307 e. The number of methoxy groups -OCH3 is 1. The Balaban J connectivity index is 1.97. The fourth-order valence-corrected chi connectivity index (χ4v) is 2.89. The molecular weight excluding hydrogens is 290 g/mol. The van der Waals surface area contributed by atoms with Crippen molar-refractivity contribution in [3.8, 4) is 0 Å². The summed E-state index contributed by atoms with van der Waals surface area (Å²) in [6, 6.07) is 10.6. The molecule has 5 heteroatoms. The molecule has 0 spiro atoms. The second-order valence-corrected chi connectivity index (χ2v) is 5.95. The number of nitrogens with one attached hydrogen (secondary N) is 2. The van der Waals surface area contributed by atoms with Gasteiger partial charge in [-0.05, 0) is 25.3 Å². The predicted molar refractivity (Wildman–Crippen MR) is 92.6 cm³/mol. The molecule has 0 aromatic heterocycles. The Bertz CT molecular complexity index is 524. The highest BCUT2D eigenvalue weighted by Gasteiger charge is 2.38. The first-order valence-electron chi connectivity index (χ1n) is 8.35. The Morgan fingerprint density at radius 1 is 1.26 bits per heavy atom. The number of esters is 1. The lowest BCUT2D eigenvalue weighted by Crippen LogP contribution is -2.42. The van der Waals surface area contributed by atoms with Crippen LogP contribution in [0.4, 0.5) is 0 Å². The summed E-state index contributed by atoms with van der Waals surface area (Å²) in [6.45, 7) is 4.12. The van der Waals surface area contributed by atoms with Crippen LogP contribution in [0.2, 0.25) is 0 Å². The number of hydrogen-bond acceptors (Lipinski definition) is 3. The van der Waals surface area contributed by atoms with Gasteiger partial charge in [0.2, 0.25) is 0 Å². The molecule has 0 amide bonds. The van der Waals surface area contributed by atoms with Gasteiger partial charge in [0, 0.05) is 18.5 Å². The van der Waals surface area contributed by atoms with Crippen molar-refractivity contribution in [1.29, 1.82) is 0 Å². The first-order chi connectivity index (χ1) is 11.2. The standard InChI is InChI=1S/C18H27N3O2/c1-3-19-17(20-13-10-16(22)23-2)21-14-18(11-7-12-18)15-8-5-4-6-9-15/h4-6,8-9H,3,7,10-14H2,1-2H3,(H2,19,20,21). The monoisotopic (exact) mass is 317 g/mol. The molecule has 126 valence electrons. The van der Waals surface area contributed by atoms with Crippen LogP contribution >= 0.6 is 0 Å². The molecule has 0 heterocycles. The van der Waals surface area contributed by atoms with E-state index in [1.807, 2.05) is 6.92 Å². The summed E-state index contributed by atoms with van der Waals surface area (Å²) < 4.78 is 4.65. The van der Waals surface area contributed by atoms with Gasteiger partial charge in [-0.3, -0.25) is 9.79 Å². The van der Waals surface area contributed by atoms with Gasteiger partial charge >= 0.3 is 5.97 Å². The highest BCUT2D eigenvalue weighted by atomic mass is 16.5. The Hall–Kier alpha value is -2.04. The van der Waals surface area contributed by atoms with E-state index in [0.29, 0.717) is 13.0 Å². The van der Waals surface area contributed by atoms with Gasteiger partial charge in [0.05, 0.1) is 20.1 Å². The van der Waals surface area contributed by atoms with Gasteiger partial charge in [0.15, 0.2) is 5.96 Å². The summed E-state index contributed by atoms with van der Waals surface area (Å²) >= 11 is 0. The molecule has 1 aromatic rings. The molecule has 23 heavy (non-hydrogen) atoms. The van der Waals surface area contributed by atoms with E-state index in [1.165, 1.54) is 31.9 Å². The average molecular weight is 317 g/mol. The van der Waals surface area contributed by atoms with E-state index in [2.05, 4.69) is 45.7 Å². The summed E-state index contributed by atoms with van der Waals surface area (Å²) in [7, 11) is 1.40. The largest absolute Gasteiger partial charge is 0.469 e. The molecule has 5 nitrogen and oxygen atoms in total. The third kappa shape index (κ3) is 4.71. The van der Waals surface area contributed by atoms with Crippen LogP contribution in [0.5, 0.6) is 0 Å². The molecule has 1 aromatic carbocycles. The maximum Gasteiger partial charge on any atom is 0.307 e. The van der Waals surface area contributed by atoms with Crippen molar-refractivity contribution < 1.29 is 9.53 Å². The number of benzene rings is 1. The van der Waals surface area contributed by atoms with Crippen molar-refractivity contribution in [2.45, 2.75) is 38.0 Å². The highest BCUT2D eigenvalue weighted by Crippen LogP contribution is 2.43. The van der Waals surface area contributed by atoms with Crippen LogP contribution in [0.15, 0.2) is 35.3 Å². The number of guanidine groups is 1. The number of rotatable bonds is 7. The maximum absolute atomic E-state index is 11.2. The van der Waals surface area contributed by atoms with Gasteiger partial charge in [0.1, 0.15) is 0 Å². The molecule has 0 bridgehead atoms. The lowest BCUT2D eigenvalue weighted by atomic mass is 9.64. The molecule has 1 saturated carbocycles. The zero-order chi connectivity index (χ0) is 16.5. The lowest BCUT2D eigenvalue weighted by molar-refractivity contribution is -0.140. The minimum absolute atomic E-state index is 0.173. The zero-order valence-corrected chi connectivity index (χ0v) is 14.1. The van der Waals surface area contributed by atoms with Crippen molar-refractivity contribution in [2.24, 2.45) is 4.99 Å². The first-order valence-corrected chi connectivity index (χ1v) is 8.35. The zero-order valence-electron chi connectivity index (χ0n) is 14.1. The topological polar surface area (TPSA) is 62.7 Å². The molecule has 1 aliphatic carbocycles. The molecule has 0 radical (unpaired) electrons. The van der Waals surface area contributed by atoms with Crippen LogP contribution in [0.1, 0.15) is 38.2 Å². The van der Waals surface area contributed by atoms with E-state index in [9.17, 15) is 4.79 Å². The van der Waals surface area contributed by atoms with Crippen molar-refractivity contribution in [3.63, 3.8) is 0 Å². The molecule has 2 N–H and O–H groups in total. The van der Waals surface area contributed by atoms with Crippen molar-refractivity contribution in [2.75, 3.05) is 26.7 Å². The van der Waals surface area contributed by atoms with Crippen LogP contribution in [0.3, 0.4) is 0 Å². The van der Waals surface area contributed by atoms with E-state index < -0.39 is 0 Å². The molecule has 2 rings (SSSR count). The molecule has 0 aliphatic heterocycles. The van der Waals surface area contributed by atoms with Crippen molar-refractivity contribution >= 4 is 11.9 Å². The molecule has 0 atom stereocenters. The molecular formula is C18H27N3O2. The molecule has 0 unspecified atom stereocenters.